The number of methoxy groups -OCH3 is 1. The average molecular weight is 375 g/mol. The van der Waals surface area contributed by atoms with Crippen LogP contribution in [0.5, 0.6) is 0 Å². The van der Waals surface area contributed by atoms with Crippen LogP contribution >= 0.6 is 0 Å². The molecule has 1 fully saturated rings. The Hall–Kier alpha value is -3.08. The maximum atomic E-state index is 12.9. The van der Waals surface area contributed by atoms with Crippen LogP contribution < -0.4 is 0 Å². The Kier molecular flexibility index (Phi) is 3.97. The highest BCUT2D eigenvalue weighted by Gasteiger charge is 2.50. The van der Waals surface area contributed by atoms with Gasteiger partial charge in [0.2, 0.25) is 0 Å². The summed E-state index contributed by atoms with van der Waals surface area (Å²) in [6.45, 7) is 0.248. The van der Waals surface area contributed by atoms with Crippen LogP contribution in [0.1, 0.15) is 23.5 Å². The predicted molar refractivity (Wildman–Crippen MR) is 104 cm³/mol. The molecule has 2 aromatic carbocycles. The van der Waals surface area contributed by atoms with Gasteiger partial charge in [-0.2, -0.15) is 0 Å². The minimum absolute atomic E-state index is 0.00302. The fourth-order valence-electron chi connectivity index (χ4n) is 4.89. The zero-order valence-corrected chi connectivity index (χ0v) is 15.6. The lowest BCUT2D eigenvalue weighted by Crippen LogP contribution is -2.48. The van der Waals surface area contributed by atoms with Crippen molar-refractivity contribution in [1.82, 2.24) is 4.90 Å². The quantitative estimate of drug-likeness (QED) is 0.606. The van der Waals surface area contributed by atoms with Crippen LogP contribution in [0.15, 0.2) is 60.7 Å². The Morgan fingerprint density at radius 2 is 1.64 bits per heavy atom. The van der Waals surface area contributed by atoms with Gasteiger partial charge in [0.05, 0.1) is 13.2 Å². The number of fused-ring (bicyclic) bond motifs is 5. The number of carbonyl (C=O) groups is 2. The van der Waals surface area contributed by atoms with Crippen molar-refractivity contribution in [1.29, 1.82) is 0 Å². The average Bonchev–Trinajstić information content (AvgIpc) is 3.43. The summed E-state index contributed by atoms with van der Waals surface area (Å²) in [5.41, 5.74) is 4.72. The van der Waals surface area contributed by atoms with Crippen LogP contribution in [-0.2, 0) is 14.3 Å². The van der Waals surface area contributed by atoms with Crippen molar-refractivity contribution >= 4 is 12.1 Å². The molecule has 5 nitrogen and oxygen atoms in total. The number of likely N-dealkylation sites (tertiary alicyclic amines) is 1. The van der Waals surface area contributed by atoms with Gasteiger partial charge in [0.25, 0.3) is 0 Å². The van der Waals surface area contributed by atoms with Crippen LogP contribution in [-0.4, -0.2) is 42.8 Å². The molecular weight excluding hydrogens is 354 g/mol. The molecule has 1 amide bonds. The highest BCUT2D eigenvalue weighted by molar-refractivity contribution is 5.84. The highest BCUT2D eigenvalue weighted by Crippen LogP contribution is 2.45. The molecule has 0 spiro atoms. The van der Waals surface area contributed by atoms with Crippen LogP contribution in [0.2, 0.25) is 0 Å². The van der Waals surface area contributed by atoms with E-state index in [2.05, 4.69) is 24.3 Å². The number of rotatable bonds is 3. The SMILES string of the molecule is COC(=O)[C@@H]1[C@H]2C=C[C@H](C2)N1C(=O)OCC1c2ccccc2-c2ccccc21. The van der Waals surface area contributed by atoms with E-state index in [9.17, 15) is 9.59 Å². The standard InChI is InChI=1S/C23H21NO4/c1-27-22(25)21-14-10-11-15(12-14)24(21)23(26)28-13-20-18-8-4-2-6-16(18)17-7-3-5-9-19(17)20/h2-11,14-15,20-21H,12-13H2,1H3/t14-,15+,21-/m0/s1. The lowest BCUT2D eigenvalue weighted by Gasteiger charge is -2.30. The summed E-state index contributed by atoms with van der Waals surface area (Å²) in [5, 5.41) is 0. The molecular formula is C23H21NO4. The van der Waals surface area contributed by atoms with Crippen LogP contribution in [0.3, 0.4) is 0 Å². The van der Waals surface area contributed by atoms with E-state index in [4.69, 9.17) is 9.47 Å². The second-order valence-electron chi connectivity index (χ2n) is 7.53. The summed E-state index contributed by atoms with van der Waals surface area (Å²) >= 11 is 0. The number of esters is 1. The Labute approximate surface area is 163 Å². The maximum Gasteiger partial charge on any atom is 0.411 e. The molecule has 1 aliphatic heterocycles. The molecule has 5 rings (SSSR count). The number of carbonyl (C=O) groups excluding carboxylic acids is 2. The Bertz CT molecular complexity index is 937. The van der Waals surface area contributed by atoms with Gasteiger partial charge in [-0.05, 0) is 28.7 Å². The third-order valence-electron chi connectivity index (χ3n) is 6.15. The van der Waals surface area contributed by atoms with Gasteiger partial charge >= 0.3 is 12.1 Å². The summed E-state index contributed by atoms with van der Waals surface area (Å²) in [6, 6.07) is 15.8. The zero-order chi connectivity index (χ0) is 19.3. The van der Waals surface area contributed by atoms with Gasteiger partial charge in [-0.1, -0.05) is 60.7 Å². The van der Waals surface area contributed by atoms with Crippen molar-refractivity contribution < 1.29 is 19.1 Å². The fourth-order valence-corrected chi connectivity index (χ4v) is 4.89. The summed E-state index contributed by atoms with van der Waals surface area (Å²) < 4.78 is 10.7. The number of ether oxygens (including phenoxy) is 2. The van der Waals surface area contributed by atoms with Crippen LogP contribution in [0.4, 0.5) is 4.79 Å². The molecule has 142 valence electrons. The zero-order valence-electron chi connectivity index (χ0n) is 15.6. The number of nitrogens with zero attached hydrogens (tertiary/aromatic N) is 1. The van der Waals surface area contributed by atoms with Crippen molar-refractivity contribution in [3.8, 4) is 11.1 Å². The minimum atomic E-state index is -0.587. The topological polar surface area (TPSA) is 55.8 Å². The van der Waals surface area contributed by atoms with Gasteiger partial charge in [0.15, 0.2) is 0 Å². The maximum absolute atomic E-state index is 12.9. The Morgan fingerprint density at radius 1 is 1.00 bits per heavy atom. The predicted octanol–water partition coefficient (Wildman–Crippen LogP) is 3.74. The first-order valence-electron chi connectivity index (χ1n) is 9.58. The number of benzene rings is 2. The van der Waals surface area contributed by atoms with E-state index in [1.165, 1.54) is 29.4 Å². The summed E-state index contributed by atoms with van der Waals surface area (Å²) in [6.07, 6.45) is 4.28. The highest BCUT2D eigenvalue weighted by atomic mass is 16.6. The van der Waals surface area contributed by atoms with Gasteiger partial charge in [0, 0.05) is 11.8 Å². The monoisotopic (exact) mass is 375 g/mol. The molecule has 28 heavy (non-hydrogen) atoms. The molecule has 0 aromatic heterocycles. The first-order chi connectivity index (χ1) is 13.7. The molecule has 0 radical (unpaired) electrons. The van der Waals surface area contributed by atoms with E-state index in [0.717, 1.165) is 6.42 Å². The molecule has 0 N–H and O–H groups in total. The van der Waals surface area contributed by atoms with Crippen LogP contribution in [0.25, 0.3) is 11.1 Å². The Morgan fingerprint density at radius 3 is 2.29 bits per heavy atom. The van der Waals surface area contributed by atoms with Gasteiger partial charge < -0.3 is 9.47 Å². The van der Waals surface area contributed by atoms with Gasteiger partial charge in [-0.25, -0.2) is 9.59 Å². The van der Waals surface area contributed by atoms with E-state index in [0.29, 0.717) is 0 Å². The summed E-state index contributed by atoms with van der Waals surface area (Å²) in [5.74, 6) is -0.369. The third-order valence-corrected chi connectivity index (χ3v) is 6.15. The van der Waals surface area contributed by atoms with Crippen molar-refractivity contribution in [3.63, 3.8) is 0 Å². The smallest absolute Gasteiger partial charge is 0.411 e. The summed E-state index contributed by atoms with van der Waals surface area (Å²) in [4.78, 5) is 26.7. The van der Waals surface area contributed by atoms with E-state index < -0.39 is 12.1 Å². The minimum Gasteiger partial charge on any atom is -0.467 e. The van der Waals surface area contributed by atoms with Crippen molar-refractivity contribution in [2.75, 3.05) is 13.7 Å². The first kappa shape index (κ1) is 17.0. The lowest BCUT2D eigenvalue weighted by molar-refractivity contribution is -0.146. The van der Waals surface area contributed by atoms with Gasteiger partial charge in [-0.3, -0.25) is 4.90 Å². The molecule has 3 aliphatic rings. The van der Waals surface area contributed by atoms with E-state index in [1.807, 2.05) is 36.4 Å². The molecule has 1 heterocycles. The lowest BCUT2D eigenvalue weighted by atomic mass is 9.98. The van der Waals surface area contributed by atoms with Crippen LogP contribution in [0, 0.1) is 5.92 Å². The molecule has 1 saturated heterocycles. The van der Waals surface area contributed by atoms with E-state index in [1.54, 1.807) is 4.90 Å². The van der Waals surface area contributed by atoms with E-state index >= 15 is 0 Å². The van der Waals surface area contributed by atoms with Crippen molar-refractivity contribution in [3.05, 3.63) is 71.8 Å². The molecule has 3 atom stereocenters. The molecule has 2 aliphatic carbocycles. The molecule has 2 bridgehead atoms. The van der Waals surface area contributed by atoms with Gasteiger partial charge in [0.1, 0.15) is 12.6 Å². The molecule has 5 heteroatoms. The molecule has 0 saturated carbocycles. The number of amides is 1. The normalized spacial score (nSPS) is 24.2. The summed E-state index contributed by atoms with van der Waals surface area (Å²) in [7, 11) is 1.36. The third kappa shape index (κ3) is 2.46. The number of hydrogen-bond donors (Lipinski definition) is 0. The van der Waals surface area contributed by atoms with Crippen molar-refractivity contribution in [2.45, 2.75) is 24.4 Å². The Balaban J connectivity index is 1.37. The van der Waals surface area contributed by atoms with Crippen molar-refractivity contribution in [2.24, 2.45) is 5.92 Å². The fraction of sp³-hybridized carbons (Fsp3) is 0.304. The second kappa shape index (κ2) is 6.51. The molecule has 0 unspecified atom stereocenters. The van der Waals surface area contributed by atoms with E-state index in [-0.39, 0.29) is 30.5 Å². The number of hydrogen-bond acceptors (Lipinski definition) is 4. The second-order valence-corrected chi connectivity index (χ2v) is 7.53. The molecule has 2 aromatic rings. The largest absolute Gasteiger partial charge is 0.467 e. The van der Waals surface area contributed by atoms with Gasteiger partial charge in [-0.15, -0.1) is 0 Å². The first-order valence-corrected chi connectivity index (χ1v) is 9.58.